The van der Waals surface area contributed by atoms with E-state index >= 15 is 0 Å². The molecule has 1 aliphatic heterocycles. The molecule has 0 aromatic heterocycles. The van der Waals surface area contributed by atoms with Gasteiger partial charge in [-0.3, -0.25) is 4.79 Å². The second kappa shape index (κ2) is 3.59. The van der Waals surface area contributed by atoms with Crippen LogP contribution in [0.15, 0.2) is 0 Å². The van der Waals surface area contributed by atoms with Gasteiger partial charge in [0.15, 0.2) is 0 Å². The molecule has 0 spiro atoms. The number of rotatable bonds is 0. The van der Waals surface area contributed by atoms with Crippen LogP contribution in [0.5, 0.6) is 0 Å². The number of amides is 1. The van der Waals surface area contributed by atoms with Crippen molar-refractivity contribution >= 4 is 11.9 Å². The number of fused-ring (bicyclic) bond motifs is 1. The summed E-state index contributed by atoms with van der Waals surface area (Å²) in [6.45, 7) is 1.09. The third-order valence-corrected chi connectivity index (χ3v) is 3.42. The summed E-state index contributed by atoms with van der Waals surface area (Å²) in [6.07, 6.45) is 2.54. The molecule has 4 heteroatoms. The van der Waals surface area contributed by atoms with Gasteiger partial charge in [0.2, 0.25) is 0 Å². The predicted octanol–water partition coefficient (Wildman–Crippen LogP) is 1.36. The number of piperidine rings is 1. The molecule has 1 heterocycles. The minimum Gasteiger partial charge on any atom is -0.465 e. The maximum Gasteiger partial charge on any atom is 0.407 e. The second-order valence-corrected chi connectivity index (χ2v) is 4.24. The number of likely N-dealkylation sites (tertiary alicyclic amines) is 1. The lowest BCUT2D eigenvalue weighted by Gasteiger charge is -2.39. The maximum absolute atomic E-state index is 11.5. The van der Waals surface area contributed by atoms with Gasteiger partial charge in [-0.05, 0) is 25.2 Å². The number of ketones is 1. The molecular weight excluding hydrogens is 182 g/mol. The van der Waals surface area contributed by atoms with Crippen LogP contribution in [0.2, 0.25) is 0 Å². The van der Waals surface area contributed by atoms with E-state index in [9.17, 15) is 9.59 Å². The van der Waals surface area contributed by atoms with Crippen molar-refractivity contribution in [3.8, 4) is 0 Å². The van der Waals surface area contributed by atoms with Gasteiger partial charge < -0.3 is 10.0 Å². The van der Waals surface area contributed by atoms with E-state index in [4.69, 9.17) is 5.11 Å². The molecule has 2 aliphatic rings. The van der Waals surface area contributed by atoms with Crippen molar-refractivity contribution in [2.24, 2.45) is 11.8 Å². The van der Waals surface area contributed by atoms with Crippen LogP contribution in [0.3, 0.4) is 0 Å². The number of carbonyl (C=O) groups is 2. The van der Waals surface area contributed by atoms with Gasteiger partial charge in [0.05, 0.1) is 0 Å². The molecule has 0 aromatic rings. The van der Waals surface area contributed by atoms with Crippen LogP contribution in [-0.2, 0) is 4.79 Å². The lowest BCUT2D eigenvalue weighted by Crippen LogP contribution is -2.46. The van der Waals surface area contributed by atoms with E-state index in [2.05, 4.69) is 0 Å². The topological polar surface area (TPSA) is 57.6 Å². The largest absolute Gasteiger partial charge is 0.465 e. The molecule has 1 amide bonds. The zero-order chi connectivity index (χ0) is 10.1. The molecule has 14 heavy (non-hydrogen) atoms. The van der Waals surface area contributed by atoms with Crippen molar-refractivity contribution < 1.29 is 14.7 Å². The fourth-order valence-corrected chi connectivity index (χ4v) is 2.65. The summed E-state index contributed by atoms with van der Waals surface area (Å²) in [4.78, 5) is 23.7. The Balaban J connectivity index is 2.03. The first-order valence-electron chi connectivity index (χ1n) is 5.19. The van der Waals surface area contributed by atoms with E-state index in [0.29, 0.717) is 31.2 Å². The fourth-order valence-electron chi connectivity index (χ4n) is 2.65. The van der Waals surface area contributed by atoms with Gasteiger partial charge in [-0.25, -0.2) is 4.79 Å². The minimum absolute atomic E-state index is 0.152. The summed E-state index contributed by atoms with van der Waals surface area (Å²) >= 11 is 0. The van der Waals surface area contributed by atoms with Crippen molar-refractivity contribution in [2.75, 3.05) is 13.1 Å². The Morgan fingerprint density at radius 1 is 1.43 bits per heavy atom. The Hall–Kier alpha value is -1.06. The summed E-state index contributed by atoms with van der Waals surface area (Å²) in [5, 5.41) is 8.84. The maximum atomic E-state index is 11.5. The monoisotopic (exact) mass is 197 g/mol. The number of hydrogen-bond donors (Lipinski definition) is 1. The highest BCUT2D eigenvalue weighted by Gasteiger charge is 2.37. The zero-order valence-corrected chi connectivity index (χ0v) is 8.11. The number of carboxylic acid groups (broad SMARTS) is 1. The van der Waals surface area contributed by atoms with Crippen molar-refractivity contribution in [3.05, 3.63) is 0 Å². The predicted molar refractivity (Wildman–Crippen MR) is 50.1 cm³/mol. The van der Waals surface area contributed by atoms with Crippen LogP contribution < -0.4 is 0 Å². The molecule has 1 saturated carbocycles. The van der Waals surface area contributed by atoms with E-state index in [1.807, 2.05) is 0 Å². The summed E-state index contributed by atoms with van der Waals surface area (Å²) in [5.74, 6) is 0.798. The highest BCUT2D eigenvalue weighted by atomic mass is 16.4. The van der Waals surface area contributed by atoms with Gasteiger partial charge in [0.25, 0.3) is 0 Å². The Morgan fingerprint density at radius 3 is 2.93 bits per heavy atom. The van der Waals surface area contributed by atoms with E-state index < -0.39 is 6.09 Å². The van der Waals surface area contributed by atoms with E-state index in [0.717, 1.165) is 19.3 Å². The highest BCUT2D eigenvalue weighted by Crippen LogP contribution is 2.33. The van der Waals surface area contributed by atoms with Gasteiger partial charge in [-0.1, -0.05) is 0 Å². The van der Waals surface area contributed by atoms with Crippen molar-refractivity contribution in [3.63, 3.8) is 0 Å². The van der Waals surface area contributed by atoms with E-state index in [1.165, 1.54) is 4.90 Å². The molecule has 2 unspecified atom stereocenters. The average Bonchev–Trinajstić information content (AvgIpc) is 2.17. The van der Waals surface area contributed by atoms with Crippen molar-refractivity contribution in [1.29, 1.82) is 0 Å². The summed E-state index contributed by atoms with van der Waals surface area (Å²) in [6, 6.07) is 0. The molecule has 2 fully saturated rings. The highest BCUT2D eigenvalue weighted by molar-refractivity contribution is 5.82. The van der Waals surface area contributed by atoms with Gasteiger partial charge in [-0.15, -0.1) is 0 Å². The lowest BCUT2D eigenvalue weighted by atomic mass is 9.74. The smallest absolute Gasteiger partial charge is 0.407 e. The van der Waals surface area contributed by atoms with Crippen LogP contribution in [0, 0.1) is 11.8 Å². The first-order chi connectivity index (χ1) is 6.68. The molecule has 0 aromatic carbocycles. The summed E-state index contributed by atoms with van der Waals surface area (Å²) < 4.78 is 0. The third-order valence-electron chi connectivity index (χ3n) is 3.42. The molecule has 1 aliphatic carbocycles. The van der Waals surface area contributed by atoms with Crippen LogP contribution in [0.25, 0.3) is 0 Å². The van der Waals surface area contributed by atoms with Crippen LogP contribution in [0.1, 0.15) is 25.7 Å². The van der Waals surface area contributed by atoms with Crippen molar-refractivity contribution in [1.82, 2.24) is 4.90 Å². The summed E-state index contributed by atoms with van der Waals surface area (Å²) in [7, 11) is 0. The number of carbonyl (C=O) groups excluding carboxylic acids is 1. The Labute approximate surface area is 82.9 Å². The second-order valence-electron chi connectivity index (χ2n) is 4.24. The lowest BCUT2D eigenvalue weighted by molar-refractivity contribution is -0.128. The number of hydrogen-bond acceptors (Lipinski definition) is 2. The first-order valence-corrected chi connectivity index (χ1v) is 5.19. The standard InChI is InChI=1S/C10H15NO3/c12-9-3-1-2-7-6-11(10(13)14)5-4-8(7)9/h7-8H,1-6H2,(H,13,14). The average molecular weight is 197 g/mol. The number of nitrogens with zero attached hydrogens (tertiary/aromatic N) is 1. The molecule has 2 atom stereocenters. The van der Waals surface area contributed by atoms with Gasteiger partial charge in [0.1, 0.15) is 5.78 Å². The van der Waals surface area contributed by atoms with Crippen molar-refractivity contribution in [2.45, 2.75) is 25.7 Å². The number of Topliss-reactive ketones (excluding diaryl/α,β-unsaturated/α-hetero) is 1. The Bertz CT molecular complexity index is 264. The molecule has 1 N–H and O–H groups in total. The molecule has 2 rings (SSSR count). The minimum atomic E-state index is -0.846. The van der Waals surface area contributed by atoms with E-state index in [1.54, 1.807) is 0 Å². The first kappa shape index (κ1) is 9.49. The van der Waals surface area contributed by atoms with Crippen LogP contribution in [-0.4, -0.2) is 35.0 Å². The van der Waals surface area contributed by atoms with Gasteiger partial charge >= 0.3 is 6.09 Å². The molecular formula is C10H15NO3. The molecule has 78 valence electrons. The Kier molecular flexibility index (Phi) is 2.44. The zero-order valence-electron chi connectivity index (χ0n) is 8.11. The normalized spacial score (nSPS) is 32.6. The molecule has 0 radical (unpaired) electrons. The van der Waals surface area contributed by atoms with E-state index in [-0.39, 0.29) is 5.92 Å². The van der Waals surface area contributed by atoms with Crippen LogP contribution >= 0.6 is 0 Å². The fraction of sp³-hybridized carbons (Fsp3) is 0.800. The molecule has 0 bridgehead atoms. The summed E-state index contributed by atoms with van der Waals surface area (Å²) in [5.41, 5.74) is 0. The van der Waals surface area contributed by atoms with Crippen LogP contribution in [0.4, 0.5) is 4.79 Å². The van der Waals surface area contributed by atoms with Gasteiger partial charge in [-0.2, -0.15) is 0 Å². The molecule has 1 saturated heterocycles. The van der Waals surface area contributed by atoms with Gasteiger partial charge in [0, 0.05) is 25.4 Å². The SMILES string of the molecule is O=C1CCCC2CN(C(=O)O)CCC12. The molecule has 4 nitrogen and oxygen atoms in total. The third kappa shape index (κ3) is 1.61. The Morgan fingerprint density at radius 2 is 2.21 bits per heavy atom. The quantitative estimate of drug-likeness (QED) is 0.637.